The molecule has 0 aromatic heterocycles. The van der Waals surface area contributed by atoms with Crippen molar-refractivity contribution >= 4 is 22.6 Å². The molecule has 16 heavy (non-hydrogen) atoms. The second-order valence-corrected chi connectivity index (χ2v) is 4.50. The van der Waals surface area contributed by atoms with E-state index < -0.39 is 0 Å². The fraction of sp³-hybridized carbons (Fsp3) is 0.0769. The van der Waals surface area contributed by atoms with Crippen molar-refractivity contribution in [1.29, 1.82) is 0 Å². The predicted octanol–water partition coefficient (Wildman–Crippen LogP) is 4.11. The van der Waals surface area contributed by atoms with E-state index in [1.165, 1.54) is 0 Å². The van der Waals surface area contributed by atoms with E-state index in [0.717, 1.165) is 5.56 Å². The fourth-order valence-corrected chi connectivity index (χ4v) is 2.11. The zero-order valence-electron chi connectivity index (χ0n) is 8.71. The van der Waals surface area contributed by atoms with Gasteiger partial charge in [0, 0.05) is 5.56 Å². The van der Waals surface area contributed by atoms with Crippen LogP contribution in [0, 0.1) is 9.39 Å². The van der Waals surface area contributed by atoms with E-state index >= 15 is 0 Å². The first-order valence-electron chi connectivity index (χ1n) is 4.81. The summed E-state index contributed by atoms with van der Waals surface area (Å²) in [7, 11) is 1.58. The summed E-state index contributed by atoms with van der Waals surface area (Å²) in [5.41, 5.74) is 1.43. The molecule has 0 aliphatic heterocycles. The Morgan fingerprint density at radius 2 is 1.81 bits per heavy atom. The van der Waals surface area contributed by atoms with Gasteiger partial charge in [0.25, 0.3) is 0 Å². The van der Waals surface area contributed by atoms with E-state index in [1.807, 2.05) is 52.9 Å². The van der Waals surface area contributed by atoms with E-state index in [4.69, 9.17) is 4.74 Å². The van der Waals surface area contributed by atoms with Gasteiger partial charge in [-0.25, -0.2) is 4.39 Å². The second kappa shape index (κ2) is 4.82. The van der Waals surface area contributed by atoms with Gasteiger partial charge in [0.1, 0.15) is 11.6 Å². The first-order valence-corrected chi connectivity index (χ1v) is 5.88. The topological polar surface area (TPSA) is 9.23 Å². The molecular formula is C13H10FIO. The van der Waals surface area contributed by atoms with Crippen LogP contribution in [0.4, 0.5) is 4.39 Å². The third-order valence-corrected chi connectivity index (χ3v) is 3.11. The van der Waals surface area contributed by atoms with Gasteiger partial charge in [0.15, 0.2) is 0 Å². The molecule has 0 radical (unpaired) electrons. The molecule has 82 valence electrons. The van der Waals surface area contributed by atoms with Crippen LogP contribution >= 0.6 is 22.6 Å². The molecule has 2 aromatic rings. The molecule has 0 bridgehead atoms. The molecule has 3 heteroatoms. The van der Waals surface area contributed by atoms with Gasteiger partial charge in [-0.2, -0.15) is 0 Å². The standard InChI is InChI=1S/C13H10FIO/c1-16-10-7-11(13(14)12(15)8-10)9-5-3-2-4-6-9/h2-8H,1H3. The van der Waals surface area contributed by atoms with E-state index in [-0.39, 0.29) is 5.82 Å². The highest BCUT2D eigenvalue weighted by Crippen LogP contribution is 2.30. The van der Waals surface area contributed by atoms with Gasteiger partial charge in [-0.15, -0.1) is 0 Å². The molecular weight excluding hydrogens is 318 g/mol. The van der Waals surface area contributed by atoms with Crippen LogP contribution < -0.4 is 4.74 Å². The zero-order chi connectivity index (χ0) is 11.5. The van der Waals surface area contributed by atoms with E-state index in [1.54, 1.807) is 19.2 Å². The van der Waals surface area contributed by atoms with Crippen molar-refractivity contribution in [2.75, 3.05) is 7.11 Å². The van der Waals surface area contributed by atoms with Gasteiger partial charge in [0.05, 0.1) is 10.7 Å². The summed E-state index contributed by atoms with van der Waals surface area (Å²) < 4.78 is 19.6. The maximum atomic E-state index is 13.9. The highest BCUT2D eigenvalue weighted by molar-refractivity contribution is 14.1. The summed E-state index contributed by atoms with van der Waals surface area (Å²) in [4.78, 5) is 0. The van der Waals surface area contributed by atoms with Gasteiger partial charge < -0.3 is 4.74 Å². The van der Waals surface area contributed by atoms with Gasteiger partial charge in [0.2, 0.25) is 0 Å². The van der Waals surface area contributed by atoms with Gasteiger partial charge >= 0.3 is 0 Å². The number of ether oxygens (including phenoxy) is 1. The molecule has 0 saturated heterocycles. The molecule has 2 rings (SSSR count). The molecule has 0 heterocycles. The molecule has 0 fully saturated rings. The lowest BCUT2D eigenvalue weighted by molar-refractivity contribution is 0.413. The Morgan fingerprint density at radius 3 is 2.44 bits per heavy atom. The first-order chi connectivity index (χ1) is 7.72. The lowest BCUT2D eigenvalue weighted by Gasteiger charge is -2.08. The molecule has 0 N–H and O–H groups in total. The maximum Gasteiger partial charge on any atom is 0.144 e. The monoisotopic (exact) mass is 328 g/mol. The van der Waals surface area contributed by atoms with Crippen LogP contribution in [-0.2, 0) is 0 Å². The van der Waals surface area contributed by atoms with Crippen molar-refractivity contribution in [3.63, 3.8) is 0 Å². The highest BCUT2D eigenvalue weighted by atomic mass is 127. The van der Waals surface area contributed by atoms with E-state index in [0.29, 0.717) is 14.9 Å². The Hall–Kier alpha value is -1.10. The summed E-state index contributed by atoms with van der Waals surface area (Å²) in [6, 6.07) is 12.9. The zero-order valence-corrected chi connectivity index (χ0v) is 10.9. The predicted molar refractivity (Wildman–Crippen MR) is 71.1 cm³/mol. The summed E-state index contributed by atoms with van der Waals surface area (Å²) in [5, 5.41) is 0. The van der Waals surface area contributed by atoms with Crippen molar-refractivity contribution in [3.8, 4) is 16.9 Å². The Morgan fingerprint density at radius 1 is 1.12 bits per heavy atom. The van der Waals surface area contributed by atoms with Crippen molar-refractivity contribution < 1.29 is 9.13 Å². The third kappa shape index (κ3) is 2.19. The number of halogens is 2. The Bertz CT molecular complexity index is 497. The van der Waals surface area contributed by atoms with Crippen LogP contribution in [0.2, 0.25) is 0 Å². The normalized spacial score (nSPS) is 10.2. The lowest BCUT2D eigenvalue weighted by atomic mass is 10.1. The van der Waals surface area contributed by atoms with Crippen LogP contribution in [0.25, 0.3) is 11.1 Å². The minimum atomic E-state index is -0.201. The van der Waals surface area contributed by atoms with Crippen molar-refractivity contribution in [3.05, 3.63) is 51.9 Å². The smallest absolute Gasteiger partial charge is 0.144 e. The number of hydrogen-bond acceptors (Lipinski definition) is 1. The van der Waals surface area contributed by atoms with Crippen LogP contribution in [0.15, 0.2) is 42.5 Å². The minimum Gasteiger partial charge on any atom is -0.497 e. The highest BCUT2D eigenvalue weighted by Gasteiger charge is 2.10. The Labute approximate surface area is 107 Å². The molecule has 1 nitrogen and oxygen atoms in total. The second-order valence-electron chi connectivity index (χ2n) is 3.34. The molecule has 0 aliphatic rings. The van der Waals surface area contributed by atoms with Gasteiger partial charge in [-0.05, 0) is 40.3 Å². The fourth-order valence-electron chi connectivity index (χ4n) is 1.51. The molecule has 0 saturated carbocycles. The minimum absolute atomic E-state index is 0.201. The molecule has 0 aliphatic carbocycles. The Kier molecular flexibility index (Phi) is 3.43. The summed E-state index contributed by atoms with van der Waals surface area (Å²) in [5.74, 6) is 0.470. The number of methoxy groups -OCH3 is 1. The van der Waals surface area contributed by atoms with Crippen molar-refractivity contribution in [1.82, 2.24) is 0 Å². The first kappa shape index (κ1) is 11.4. The SMILES string of the molecule is COc1cc(I)c(F)c(-c2ccccc2)c1. The lowest BCUT2D eigenvalue weighted by Crippen LogP contribution is -1.92. The van der Waals surface area contributed by atoms with Gasteiger partial charge in [-0.1, -0.05) is 30.3 Å². The summed E-state index contributed by atoms with van der Waals surface area (Å²) in [6.07, 6.45) is 0. The molecule has 2 aromatic carbocycles. The van der Waals surface area contributed by atoms with Crippen LogP contribution in [0.1, 0.15) is 0 Å². The molecule has 0 unspecified atom stereocenters. The Balaban J connectivity index is 2.60. The molecule has 0 atom stereocenters. The largest absolute Gasteiger partial charge is 0.497 e. The number of rotatable bonds is 2. The molecule has 0 amide bonds. The quantitative estimate of drug-likeness (QED) is 0.754. The average Bonchev–Trinajstić information content (AvgIpc) is 2.33. The maximum absolute atomic E-state index is 13.9. The number of benzene rings is 2. The van der Waals surface area contributed by atoms with Crippen LogP contribution in [0.3, 0.4) is 0 Å². The van der Waals surface area contributed by atoms with Crippen molar-refractivity contribution in [2.45, 2.75) is 0 Å². The average molecular weight is 328 g/mol. The summed E-state index contributed by atoms with van der Waals surface area (Å²) >= 11 is 1.97. The van der Waals surface area contributed by atoms with E-state index in [2.05, 4.69) is 0 Å². The van der Waals surface area contributed by atoms with Crippen LogP contribution in [0.5, 0.6) is 5.75 Å². The van der Waals surface area contributed by atoms with Crippen molar-refractivity contribution in [2.24, 2.45) is 0 Å². The summed E-state index contributed by atoms with van der Waals surface area (Å²) in [6.45, 7) is 0. The molecule has 0 spiro atoms. The van der Waals surface area contributed by atoms with Crippen LogP contribution in [-0.4, -0.2) is 7.11 Å². The van der Waals surface area contributed by atoms with Gasteiger partial charge in [-0.3, -0.25) is 0 Å². The third-order valence-electron chi connectivity index (χ3n) is 2.32. The van der Waals surface area contributed by atoms with E-state index in [9.17, 15) is 4.39 Å². The number of hydrogen-bond donors (Lipinski definition) is 0.